The van der Waals surface area contributed by atoms with E-state index in [2.05, 4.69) is 15.5 Å². The van der Waals surface area contributed by atoms with E-state index in [-0.39, 0.29) is 37.8 Å². The molecule has 0 unspecified atom stereocenters. The van der Waals surface area contributed by atoms with Crippen molar-refractivity contribution in [2.75, 3.05) is 0 Å². The third kappa shape index (κ3) is 2.64. The predicted molar refractivity (Wildman–Crippen MR) is 62.5 cm³/mol. The minimum atomic E-state index is -4.20. The summed E-state index contributed by atoms with van der Waals surface area (Å²) in [6.45, 7) is -0.00657. The Balaban J connectivity index is 1.68. The van der Waals surface area contributed by atoms with Crippen LogP contribution in [0.3, 0.4) is 0 Å². The summed E-state index contributed by atoms with van der Waals surface area (Å²) in [6, 6.07) is 0. The molecule has 20 heavy (non-hydrogen) atoms. The smallest absolute Gasteiger partial charge is 0.349 e. The Hall–Kier alpha value is -1.60. The Kier molecular flexibility index (Phi) is 3.18. The molecule has 0 bridgehead atoms. The monoisotopic (exact) mass is 288 g/mol. The van der Waals surface area contributed by atoms with E-state index < -0.39 is 12.1 Å². The molecule has 1 saturated carbocycles. The van der Waals surface area contributed by atoms with Gasteiger partial charge < -0.3 is 9.88 Å². The molecular weight excluding hydrogens is 273 g/mol. The van der Waals surface area contributed by atoms with Crippen LogP contribution in [0.25, 0.3) is 0 Å². The minimum absolute atomic E-state index is 0.0504. The first-order valence-electron chi connectivity index (χ1n) is 6.70. The highest BCUT2D eigenvalue weighted by Crippen LogP contribution is 2.34. The second kappa shape index (κ2) is 4.75. The molecule has 1 aromatic heterocycles. The lowest BCUT2D eigenvalue weighted by molar-refractivity contribution is -0.182. The molecule has 1 aliphatic heterocycles. The van der Waals surface area contributed by atoms with E-state index in [1.165, 1.54) is 4.57 Å². The van der Waals surface area contributed by atoms with Crippen LogP contribution < -0.4 is 5.32 Å². The lowest BCUT2D eigenvalue weighted by Gasteiger charge is -2.26. The average molecular weight is 288 g/mol. The van der Waals surface area contributed by atoms with Gasteiger partial charge in [0, 0.05) is 18.9 Å². The molecule has 1 aromatic rings. The Labute approximate surface area is 113 Å². The molecule has 1 atom stereocenters. The molecule has 0 spiro atoms. The zero-order chi connectivity index (χ0) is 14.3. The third-order valence-corrected chi connectivity index (χ3v) is 3.86. The highest BCUT2D eigenvalue weighted by molar-refractivity contribution is 5.80. The summed E-state index contributed by atoms with van der Waals surface area (Å²) in [6.07, 6.45) is -2.10. The van der Waals surface area contributed by atoms with Gasteiger partial charge in [-0.05, 0) is 19.3 Å². The number of hydrogen-bond donors (Lipinski definition) is 1. The lowest BCUT2D eigenvalue weighted by Crippen LogP contribution is -2.34. The molecule has 2 aliphatic rings. The maximum atomic E-state index is 12.8. The Morgan fingerprint density at radius 2 is 2.05 bits per heavy atom. The van der Waals surface area contributed by atoms with E-state index in [0.29, 0.717) is 11.6 Å². The summed E-state index contributed by atoms with van der Waals surface area (Å²) in [5.74, 6) is -0.361. The summed E-state index contributed by atoms with van der Waals surface area (Å²) < 4.78 is 39.8. The van der Waals surface area contributed by atoms with Crippen molar-refractivity contribution in [3.8, 4) is 0 Å². The largest absolute Gasteiger partial charge is 0.393 e. The fraction of sp³-hybridized carbons (Fsp3) is 0.750. The first kappa shape index (κ1) is 13.4. The Bertz CT molecular complexity index is 521. The van der Waals surface area contributed by atoms with Gasteiger partial charge in [-0.2, -0.15) is 13.2 Å². The molecule has 0 radical (unpaired) electrons. The quantitative estimate of drug-likeness (QED) is 0.915. The number of carbonyl (C=O) groups excluding carboxylic acids is 1. The van der Waals surface area contributed by atoms with Gasteiger partial charge in [-0.3, -0.25) is 4.79 Å². The molecule has 1 amide bonds. The zero-order valence-electron chi connectivity index (χ0n) is 10.8. The van der Waals surface area contributed by atoms with Gasteiger partial charge in [0.1, 0.15) is 5.82 Å². The van der Waals surface area contributed by atoms with Crippen molar-refractivity contribution in [3.63, 3.8) is 0 Å². The molecule has 1 aliphatic carbocycles. The number of alkyl halides is 3. The van der Waals surface area contributed by atoms with Gasteiger partial charge >= 0.3 is 6.18 Å². The number of halogens is 3. The third-order valence-electron chi connectivity index (χ3n) is 3.86. The summed E-state index contributed by atoms with van der Waals surface area (Å²) in [5.41, 5.74) is 0. The van der Waals surface area contributed by atoms with Crippen molar-refractivity contribution in [3.05, 3.63) is 11.6 Å². The highest BCUT2D eigenvalue weighted by atomic mass is 19.4. The van der Waals surface area contributed by atoms with Gasteiger partial charge in [0.25, 0.3) is 0 Å². The molecule has 2 heterocycles. The van der Waals surface area contributed by atoms with Gasteiger partial charge in [0.15, 0.2) is 5.82 Å². The first-order chi connectivity index (χ1) is 9.45. The normalized spacial score (nSPS) is 22.4. The van der Waals surface area contributed by atoms with E-state index >= 15 is 0 Å². The molecule has 8 heteroatoms. The van der Waals surface area contributed by atoms with Gasteiger partial charge in [0.2, 0.25) is 5.91 Å². The molecule has 3 rings (SSSR count). The Morgan fingerprint density at radius 3 is 2.70 bits per heavy atom. The molecule has 5 nitrogen and oxygen atoms in total. The van der Waals surface area contributed by atoms with E-state index in [1.807, 2.05) is 0 Å². The van der Waals surface area contributed by atoms with Gasteiger partial charge in [0.05, 0.1) is 12.5 Å². The van der Waals surface area contributed by atoms with Crippen molar-refractivity contribution in [2.45, 2.75) is 44.9 Å². The fourth-order valence-corrected chi connectivity index (χ4v) is 2.44. The number of carbonyl (C=O) groups is 1. The number of fused-ring (bicyclic) bond motifs is 1. The standard InChI is InChI=1S/C12H15F3N4O/c13-12(14,15)8-3-4-9-17-18-10(19(9)6-8)5-16-11(20)7-1-2-7/h7-8H,1-6H2,(H,16,20)/t8-/m0/s1. The zero-order valence-corrected chi connectivity index (χ0v) is 10.8. The number of aromatic nitrogens is 3. The molecule has 1 N–H and O–H groups in total. The first-order valence-corrected chi connectivity index (χ1v) is 6.70. The van der Waals surface area contributed by atoms with Crippen LogP contribution in [0.1, 0.15) is 30.9 Å². The fourth-order valence-electron chi connectivity index (χ4n) is 2.44. The Morgan fingerprint density at radius 1 is 1.30 bits per heavy atom. The van der Waals surface area contributed by atoms with E-state index in [0.717, 1.165) is 12.8 Å². The molecule has 0 saturated heterocycles. The SMILES string of the molecule is O=C(NCc1nnc2n1C[C@@H](C(F)(F)F)CC2)C1CC1. The van der Waals surface area contributed by atoms with Crippen molar-refractivity contribution >= 4 is 5.91 Å². The van der Waals surface area contributed by atoms with Crippen LogP contribution in [0.4, 0.5) is 13.2 Å². The molecular formula is C12H15F3N4O. The summed E-state index contributed by atoms with van der Waals surface area (Å²) >= 11 is 0. The van der Waals surface area contributed by atoms with Crippen LogP contribution in [0.5, 0.6) is 0 Å². The maximum absolute atomic E-state index is 12.8. The highest BCUT2D eigenvalue weighted by Gasteiger charge is 2.42. The summed E-state index contributed by atoms with van der Waals surface area (Å²) in [4.78, 5) is 11.5. The molecule has 0 aromatic carbocycles. The number of hydrogen-bond acceptors (Lipinski definition) is 3. The van der Waals surface area contributed by atoms with Gasteiger partial charge in [-0.25, -0.2) is 0 Å². The number of nitrogens with zero attached hydrogens (tertiary/aromatic N) is 3. The lowest BCUT2D eigenvalue weighted by atomic mass is 9.99. The van der Waals surface area contributed by atoms with Crippen LogP contribution in [0, 0.1) is 11.8 Å². The average Bonchev–Trinajstić information content (AvgIpc) is 3.16. The second-order valence-electron chi connectivity index (χ2n) is 5.41. The van der Waals surface area contributed by atoms with Crippen LogP contribution >= 0.6 is 0 Å². The van der Waals surface area contributed by atoms with Crippen molar-refractivity contribution in [2.24, 2.45) is 11.8 Å². The predicted octanol–water partition coefficient (Wildman–Crippen LogP) is 1.43. The number of rotatable bonds is 3. The van der Waals surface area contributed by atoms with Crippen LogP contribution in [-0.2, 0) is 24.3 Å². The van der Waals surface area contributed by atoms with Crippen molar-refractivity contribution in [1.29, 1.82) is 0 Å². The van der Waals surface area contributed by atoms with Crippen molar-refractivity contribution < 1.29 is 18.0 Å². The van der Waals surface area contributed by atoms with Crippen LogP contribution in [0.2, 0.25) is 0 Å². The summed E-state index contributed by atoms with van der Waals surface area (Å²) in [7, 11) is 0. The van der Waals surface area contributed by atoms with E-state index in [1.54, 1.807) is 0 Å². The number of nitrogens with one attached hydrogen (secondary N) is 1. The second-order valence-corrected chi connectivity index (χ2v) is 5.41. The molecule has 1 fully saturated rings. The minimum Gasteiger partial charge on any atom is -0.349 e. The van der Waals surface area contributed by atoms with Crippen LogP contribution in [0.15, 0.2) is 0 Å². The topological polar surface area (TPSA) is 59.8 Å². The number of amides is 1. The van der Waals surface area contributed by atoms with Crippen molar-refractivity contribution in [1.82, 2.24) is 20.1 Å². The summed E-state index contributed by atoms with van der Waals surface area (Å²) in [5, 5.41) is 10.5. The van der Waals surface area contributed by atoms with Gasteiger partial charge in [-0.15, -0.1) is 10.2 Å². The maximum Gasteiger partial charge on any atom is 0.393 e. The van der Waals surface area contributed by atoms with E-state index in [9.17, 15) is 18.0 Å². The molecule has 110 valence electrons. The number of aryl methyl sites for hydroxylation is 1. The van der Waals surface area contributed by atoms with Gasteiger partial charge in [-0.1, -0.05) is 0 Å². The van der Waals surface area contributed by atoms with Crippen LogP contribution in [-0.4, -0.2) is 26.8 Å². The van der Waals surface area contributed by atoms with E-state index in [4.69, 9.17) is 0 Å².